The topological polar surface area (TPSA) is 62.5 Å². The molecule has 0 N–H and O–H groups in total. The minimum Gasteiger partial charge on any atom is -0.208 e. The molecule has 1 spiro atoms. The van der Waals surface area contributed by atoms with Gasteiger partial charge in [-0.15, -0.1) is 0 Å². The normalized spacial score (nSPS) is 12.9. The first kappa shape index (κ1) is 33.9. The van der Waals surface area contributed by atoms with Crippen molar-refractivity contribution >= 4 is 11.8 Å². The molecule has 8 aromatic carbocycles. The third-order valence-electron chi connectivity index (χ3n) is 11.5. The Morgan fingerprint density at radius 3 is 1.28 bits per heavy atom. The zero-order chi connectivity index (χ0) is 38.6. The number of nitriles is 1. The van der Waals surface area contributed by atoms with E-state index in [0.29, 0.717) is 23.0 Å². The number of aromatic nitrogens is 3. The fourth-order valence-corrected chi connectivity index (χ4v) is 9.95. The van der Waals surface area contributed by atoms with Gasteiger partial charge in [-0.2, -0.15) is 5.26 Å². The number of rotatable bonds is 5. The first-order valence-electron chi connectivity index (χ1n) is 19.3. The lowest BCUT2D eigenvalue weighted by Gasteiger charge is -2.39. The average molecular weight is 757 g/mol. The van der Waals surface area contributed by atoms with Crippen LogP contribution in [0.5, 0.6) is 0 Å². The molecule has 0 saturated carbocycles. The molecule has 2 heterocycles. The van der Waals surface area contributed by atoms with Gasteiger partial charge in [-0.25, -0.2) is 15.0 Å². The first-order chi connectivity index (χ1) is 28.7. The van der Waals surface area contributed by atoms with E-state index >= 15 is 0 Å². The van der Waals surface area contributed by atoms with Crippen LogP contribution in [-0.2, 0) is 5.41 Å². The molecule has 58 heavy (non-hydrogen) atoms. The summed E-state index contributed by atoms with van der Waals surface area (Å²) >= 11 is 1.85. The van der Waals surface area contributed by atoms with Gasteiger partial charge in [0.05, 0.1) is 17.0 Å². The van der Waals surface area contributed by atoms with Crippen LogP contribution in [0, 0.1) is 11.3 Å². The van der Waals surface area contributed by atoms with Crippen molar-refractivity contribution in [1.82, 2.24) is 15.0 Å². The van der Waals surface area contributed by atoms with E-state index in [4.69, 9.17) is 15.0 Å². The van der Waals surface area contributed by atoms with Crippen LogP contribution in [0.3, 0.4) is 0 Å². The number of hydrogen-bond acceptors (Lipinski definition) is 5. The second-order valence-electron chi connectivity index (χ2n) is 14.7. The molecular weight excluding hydrogens is 725 g/mol. The zero-order valence-corrected chi connectivity index (χ0v) is 32.0. The van der Waals surface area contributed by atoms with Gasteiger partial charge in [-0.3, -0.25) is 0 Å². The van der Waals surface area contributed by atoms with Crippen LogP contribution in [0.4, 0.5) is 0 Å². The van der Waals surface area contributed by atoms with Crippen molar-refractivity contribution in [3.8, 4) is 73.6 Å². The molecule has 0 radical (unpaired) electrons. The van der Waals surface area contributed by atoms with Crippen molar-refractivity contribution in [2.24, 2.45) is 0 Å². The molecule has 0 saturated heterocycles. The van der Waals surface area contributed by atoms with Gasteiger partial charge >= 0.3 is 0 Å². The third kappa shape index (κ3) is 5.42. The van der Waals surface area contributed by atoms with Gasteiger partial charge in [0.2, 0.25) is 0 Å². The number of benzene rings is 8. The highest BCUT2D eigenvalue weighted by Gasteiger charge is 2.50. The Kier molecular flexibility index (Phi) is 7.99. The minimum absolute atomic E-state index is 0.511. The summed E-state index contributed by atoms with van der Waals surface area (Å²) in [5.74, 6) is 1.91. The van der Waals surface area contributed by atoms with Gasteiger partial charge < -0.3 is 0 Å². The van der Waals surface area contributed by atoms with Crippen LogP contribution in [0.2, 0.25) is 0 Å². The number of hydrogen-bond donors (Lipinski definition) is 0. The van der Waals surface area contributed by atoms with E-state index in [9.17, 15) is 5.26 Å². The van der Waals surface area contributed by atoms with Crippen molar-refractivity contribution in [2.75, 3.05) is 0 Å². The summed E-state index contributed by atoms with van der Waals surface area (Å²) in [5, 5.41) is 9.29. The Hall–Kier alpha value is -7.39. The minimum atomic E-state index is -0.511. The zero-order valence-electron chi connectivity index (χ0n) is 31.2. The maximum Gasteiger partial charge on any atom is 0.164 e. The quantitative estimate of drug-likeness (QED) is 0.175. The Balaban J connectivity index is 1.12. The van der Waals surface area contributed by atoms with Gasteiger partial charge in [0.15, 0.2) is 17.5 Å². The Morgan fingerprint density at radius 1 is 0.362 bits per heavy atom. The van der Waals surface area contributed by atoms with Crippen LogP contribution >= 0.6 is 11.8 Å². The summed E-state index contributed by atoms with van der Waals surface area (Å²) in [5.41, 5.74) is 14.9. The molecule has 4 nitrogen and oxygen atoms in total. The fraction of sp³-hybridized carbons (Fsp3) is 0.0189. The van der Waals surface area contributed by atoms with Gasteiger partial charge in [0.1, 0.15) is 0 Å². The van der Waals surface area contributed by atoms with Crippen LogP contribution in [-0.4, -0.2) is 15.0 Å². The second kappa shape index (κ2) is 13.7. The molecule has 2 aliphatic rings. The predicted molar refractivity (Wildman–Crippen MR) is 233 cm³/mol. The molecule has 0 bridgehead atoms. The molecule has 11 rings (SSSR count). The summed E-state index contributed by atoms with van der Waals surface area (Å²) in [6.45, 7) is 0. The van der Waals surface area contributed by atoms with Gasteiger partial charge in [-0.1, -0.05) is 169 Å². The molecule has 270 valence electrons. The Labute approximate surface area is 341 Å². The van der Waals surface area contributed by atoms with Crippen molar-refractivity contribution in [2.45, 2.75) is 15.2 Å². The molecule has 0 amide bonds. The molecule has 9 aromatic rings. The predicted octanol–water partition coefficient (Wildman–Crippen LogP) is 12.9. The molecule has 1 aliphatic heterocycles. The van der Waals surface area contributed by atoms with Gasteiger partial charge in [-0.05, 0) is 92.0 Å². The van der Waals surface area contributed by atoms with E-state index in [1.807, 2.05) is 96.7 Å². The second-order valence-corrected chi connectivity index (χ2v) is 15.8. The van der Waals surface area contributed by atoms with E-state index in [1.54, 1.807) is 0 Å². The van der Waals surface area contributed by atoms with E-state index in [0.717, 1.165) is 38.9 Å². The lowest BCUT2D eigenvalue weighted by atomic mass is 9.67. The van der Waals surface area contributed by atoms with Crippen molar-refractivity contribution in [3.05, 3.63) is 222 Å². The lowest BCUT2D eigenvalue weighted by molar-refractivity contribution is 0.722. The molecule has 1 aromatic heterocycles. The SMILES string of the molecule is N#Cc1ccc(-c2ccc(-c3ccc4c(c3)-c3cc(-c5nc(-c6ccccc6)nc(-c6ccccc6)n5)ccc3C43c4ccccc4Sc4ccccc43)cc2)cc1. The van der Waals surface area contributed by atoms with Gasteiger partial charge in [0.25, 0.3) is 0 Å². The highest BCUT2D eigenvalue weighted by Crippen LogP contribution is 2.62. The summed E-state index contributed by atoms with van der Waals surface area (Å²) in [4.78, 5) is 17.7. The van der Waals surface area contributed by atoms with E-state index in [1.165, 1.54) is 43.2 Å². The standard InChI is InChI=1S/C53H32N4S/c54-33-34-19-21-35(22-20-34)36-23-25-37(26-24-36)40-27-29-44-42(31-40)43-32-41(52-56-50(38-11-3-1-4-12-38)55-51(57-52)39-13-5-2-6-14-39)28-30-45(43)53(44)46-15-7-9-17-48(46)58-49-18-10-8-16-47(49)53/h1-32H. The molecule has 0 atom stereocenters. The van der Waals surface area contributed by atoms with E-state index in [2.05, 4.69) is 115 Å². The number of fused-ring (bicyclic) bond motifs is 9. The van der Waals surface area contributed by atoms with Gasteiger partial charge in [0, 0.05) is 26.5 Å². The van der Waals surface area contributed by atoms with Crippen LogP contribution in [0.1, 0.15) is 27.8 Å². The fourth-order valence-electron chi connectivity index (χ4n) is 8.76. The summed E-state index contributed by atoms with van der Waals surface area (Å²) in [6.07, 6.45) is 0. The maximum atomic E-state index is 9.29. The van der Waals surface area contributed by atoms with Crippen LogP contribution in [0.15, 0.2) is 204 Å². The Bertz CT molecular complexity index is 2980. The highest BCUT2D eigenvalue weighted by atomic mass is 32.2. The largest absolute Gasteiger partial charge is 0.208 e. The third-order valence-corrected chi connectivity index (χ3v) is 12.6. The van der Waals surface area contributed by atoms with Crippen LogP contribution in [0.25, 0.3) is 67.5 Å². The smallest absolute Gasteiger partial charge is 0.164 e. The molecule has 0 fully saturated rings. The number of nitrogens with zero attached hydrogens (tertiary/aromatic N) is 4. The monoisotopic (exact) mass is 756 g/mol. The summed E-state index contributed by atoms with van der Waals surface area (Å²) in [7, 11) is 0. The van der Waals surface area contributed by atoms with Crippen molar-refractivity contribution in [3.63, 3.8) is 0 Å². The Morgan fingerprint density at radius 2 is 0.759 bits per heavy atom. The van der Waals surface area contributed by atoms with Crippen molar-refractivity contribution < 1.29 is 0 Å². The highest BCUT2D eigenvalue weighted by molar-refractivity contribution is 7.99. The average Bonchev–Trinajstić information content (AvgIpc) is 3.59. The molecule has 0 unspecified atom stereocenters. The van der Waals surface area contributed by atoms with E-state index < -0.39 is 5.41 Å². The molecule has 5 heteroatoms. The first-order valence-corrected chi connectivity index (χ1v) is 20.1. The molecule has 1 aliphatic carbocycles. The summed E-state index contributed by atoms with van der Waals surface area (Å²) in [6, 6.07) is 70.5. The molecular formula is C53H32N4S. The van der Waals surface area contributed by atoms with Crippen LogP contribution < -0.4 is 0 Å². The summed E-state index contributed by atoms with van der Waals surface area (Å²) < 4.78 is 0. The van der Waals surface area contributed by atoms with Crippen molar-refractivity contribution in [1.29, 1.82) is 5.26 Å². The lowest BCUT2D eigenvalue weighted by Crippen LogP contribution is -2.31. The maximum absolute atomic E-state index is 9.29. The van der Waals surface area contributed by atoms with E-state index in [-0.39, 0.29) is 0 Å².